The maximum atomic E-state index is 15.5. The van der Waals surface area contributed by atoms with Crippen molar-refractivity contribution in [1.82, 2.24) is 5.16 Å². The highest BCUT2D eigenvalue weighted by Crippen LogP contribution is 2.79. The molecule has 226 valence electrons. The van der Waals surface area contributed by atoms with Gasteiger partial charge in [0.1, 0.15) is 17.5 Å². The van der Waals surface area contributed by atoms with E-state index in [9.17, 15) is 4.79 Å². The van der Waals surface area contributed by atoms with E-state index in [4.69, 9.17) is 14.0 Å². The summed E-state index contributed by atoms with van der Waals surface area (Å²) in [5.41, 5.74) is 0.223. The van der Waals surface area contributed by atoms with Gasteiger partial charge < -0.3 is 14.0 Å². The number of aromatic nitrogens is 1. The van der Waals surface area contributed by atoms with Crippen LogP contribution in [0.3, 0.4) is 0 Å². The molecule has 5 nitrogen and oxygen atoms in total. The molecule has 0 radical (unpaired) electrons. The molecule has 1 aromatic heterocycles. The van der Waals surface area contributed by atoms with Crippen LogP contribution in [0.1, 0.15) is 105 Å². The first-order valence-electron chi connectivity index (χ1n) is 15.7. The average molecular weight is 604 g/mol. The lowest BCUT2D eigenvalue weighted by Crippen LogP contribution is -2.75. The number of carbonyl (C=O) groups excluding carboxylic acids is 1. The van der Waals surface area contributed by atoms with Crippen LogP contribution in [0, 0.1) is 38.9 Å². The van der Waals surface area contributed by atoms with Gasteiger partial charge in [-0.05, 0) is 87.8 Å². The van der Waals surface area contributed by atoms with Crippen molar-refractivity contribution < 1.29 is 23.2 Å². The third-order valence-electron chi connectivity index (χ3n) is 13.9. The van der Waals surface area contributed by atoms with Gasteiger partial charge in [-0.25, -0.2) is 0 Å². The predicted molar refractivity (Wildman–Crippen MR) is 162 cm³/mol. The fourth-order valence-electron chi connectivity index (χ4n) is 11.7. The molecule has 0 bridgehead atoms. The summed E-state index contributed by atoms with van der Waals surface area (Å²) in [5, 5.41) is 4.25. The third kappa shape index (κ3) is 3.33. The maximum absolute atomic E-state index is 15.5. The van der Waals surface area contributed by atoms with Crippen LogP contribution in [0.5, 0.6) is 0 Å². The molecule has 8 heteroatoms. The number of carbonyl (C=O) groups is 1. The van der Waals surface area contributed by atoms with E-state index in [1.54, 1.807) is 0 Å². The third-order valence-corrected chi connectivity index (χ3v) is 15.6. The molecule has 6 aliphatic rings. The first-order chi connectivity index (χ1) is 19.0. The summed E-state index contributed by atoms with van der Waals surface area (Å²) in [5.74, 6) is 1.21. The summed E-state index contributed by atoms with van der Waals surface area (Å²) in [7, 11) is 2.29. The highest BCUT2D eigenvalue weighted by atomic mass is 32.0. The van der Waals surface area contributed by atoms with Gasteiger partial charge in [-0.3, -0.25) is 4.79 Å². The fourth-order valence-corrected chi connectivity index (χ4v) is 12.8. The Morgan fingerprint density at radius 3 is 2.44 bits per heavy atom. The number of nitrogens with zero attached hydrogens (tertiary/aromatic N) is 1. The van der Waals surface area contributed by atoms with Crippen molar-refractivity contribution in [2.45, 2.75) is 123 Å². The minimum atomic E-state index is -1.13. The fraction of sp³-hybridized carbons (Fsp3) is 0.818. The summed E-state index contributed by atoms with van der Waals surface area (Å²) in [6.07, 6.45) is 10.6. The molecular formula is C33H48FNO4P2. The van der Waals surface area contributed by atoms with E-state index < -0.39 is 24.7 Å². The van der Waals surface area contributed by atoms with Crippen LogP contribution < -0.4 is 0 Å². The van der Waals surface area contributed by atoms with Crippen LogP contribution in [0.2, 0.25) is 0 Å². The maximum Gasteiger partial charge on any atom is 0.307 e. The van der Waals surface area contributed by atoms with Crippen molar-refractivity contribution in [3.63, 3.8) is 0 Å². The van der Waals surface area contributed by atoms with Crippen molar-refractivity contribution in [3.05, 3.63) is 29.2 Å². The van der Waals surface area contributed by atoms with Crippen molar-refractivity contribution in [3.8, 4) is 0 Å². The molecular weight excluding hydrogens is 555 g/mol. The minimum Gasteiger partial charge on any atom is -0.361 e. The second-order valence-corrected chi connectivity index (χ2v) is 20.8. The first kappa shape index (κ1) is 29.1. The van der Waals surface area contributed by atoms with Gasteiger partial charge in [0.05, 0.1) is 11.6 Å². The Kier molecular flexibility index (Phi) is 6.04. The van der Waals surface area contributed by atoms with Gasteiger partial charge in [0.25, 0.3) is 0 Å². The zero-order valence-corrected chi connectivity index (χ0v) is 28.2. The summed E-state index contributed by atoms with van der Waals surface area (Å²) in [6, 6.07) is -1.49. The molecule has 0 aromatic carbocycles. The van der Waals surface area contributed by atoms with Crippen LogP contribution >= 0.6 is 16.5 Å². The largest absolute Gasteiger partial charge is 0.361 e. The van der Waals surface area contributed by atoms with Crippen molar-refractivity contribution in [1.29, 1.82) is 0 Å². The molecule has 11 atom stereocenters. The number of halogens is 1. The summed E-state index contributed by atoms with van der Waals surface area (Å²) in [4.78, 5) is 13.1. The molecule has 41 heavy (non-hydrogen) atoms. The van der Waals surface area contributed by atoms with Gasteiger partial charge >= 0.3 is 6.04 Å². The number of hydrogen-bond acceptors (Lipinski definition) is 5. The van der Waals surface area contributed by atoms with Crippen molar-refractivity contribution in [2.24, 2.45) is 38.9 Å². The molecule has 4 fully saturated rings. The van der Waals surface area contributed by atoms with Crippen LogP contribution in [0.4, 0.5) is 4.39 Å². The average Bonchev–Trinajstić information content (AvgIpc) is 3.50. The standard InChI is InChI=1S/C33H48FNO4P2/c1-27(2)11-13-32(25(34)36)14-12-31(7)30(6)10-9-20-28(3,4)24-19(18-35-39-24)16-29(20,5)21(30)15-23-33(31,22(32)17-27)38-26(37-23)41(8)40/h15,18,20,22-23,26H,9-14,16-17,40H2,1-8H3/t20-,22+,23+,26?,29-,30+,31-,32-,33+,41?/m0/s1. The number of ether oxygens (including phenoxy) is 2. The van der Waals surface area contributed by atoms with E-state index >= 15 is 4.39 Å². The SMILES string of the molecule is CP(P)C1O[C@@H]2C=C3[C@@]4(C)Cc5cnoc5C(C)(C)[C@@H]4CC[C@@]3(C)[C@]3(C)CC[C@@]4(C(=O)F)CCC(C)(C)C[C@H]4[C@@]23O1. The Bertz CT molecular complexity index is 1340. The molecule has 0 N–H and O–H groups in total. The number of hydrogen-bond donors (Lipinski definition) is 0. The number of rotatable bonds is 2. The Morgan fingerprint density at radius 2 is 1.76 bits per heavy atom. The first-order valence-corrected chi connectivity index (χ1v) is 19.1. The van der Waals surface area contributed by atoms with E-state index in [1.807, 2.05) is 6.20 Å². The van der Waals surface area contributed by atoms with Gasteiger partial charge in [-0.15, -0.1) is 8.93 Å². The highest BCUT2D eigenvalue weighted by molar-refractivity contribution is 8.13. The Hall–Kier alpha value is -0.670. The molecule has 1 aromatic rings. The lowest BCUT2D eigenvalue weighted by atomic mass is 9.32. The minimum absolute atomic E-state index is 0.00708. The van der Waals surface area contributed by atoms with E-state index in [0.29, 0.717) is 18.8 Å². The predicted octanol–water partition coefficient (Wildman–Crippen LogP) is 8.32. The molecule has 5 aliphatic carbocycles. The van der Waals surface area contributed by atoms with Crippen LogP contribution in [0.15, 0.2) is 22.4 Å². The highest BCUT2D eigenvalue weighted by Gasteiger charge is 2.80. The van der Waals surface area contributed by atoms with Crippen molar-refractivity contribution in [2.75, 3.05) is 6.66 Å². The zero-order chi connectivity index (χ0) is 29.6. The topological polar surface area (TPSA) is 61.6 Å². The molecule has 0 amide bonds. The molecule has 7 rings (SSSR count). The van der Waals surface area contributed by atoms with E-state index in [1.165, 1.54) is 11.1 Å². The molecule has 1 aliphatic heterocycles. The second kappa shape index (κ2) is 8.52. The van der Waals surface area contributed by atoms with Gasteiger partial charge in [-0.1, -0.05) is 65.3 Å². The number of fused-ring (bicyclic) bond motifs is 6. The molecule has 1 spiro atoms. The van der Waals surface area contributed by atoms with Crippen LogP contribution in [0.25, 0.3) is 0 Å². The van der Waals surface area contributed by atoms with E-state index in [0.717, 1.165) is 44.3 Å². The number of allylic oxidation sites excluding steroid dienone is 1. The Balaban J connectivity index is 1.47. The Morgan fingerprint density at radius 1 is 1.05 bits per heavy atom. The molecule has 3 saturated carbocycles. The summed E-state index contributed by atoms with van der Waals surface area (Å²) < 4.78 is 35.7. The quantitative estimate of drug-likeness (QED) is 0.193. The summed E-state index contributed by atoms with van der Waals surface area (Å²) >= 11 is 0. The van der Waals surface area contributed by atoms with E-state index in [2.05, 4.69) is 75.3 Å². The lowest BCUT2D eigenvalue weighted by Gasteiger charge is -2.73. The molecule has 2 heterocycles. The van der Waals surface area contributed by atoms with Gasteiger partial charge in [0.15, 0.2) is 6.03 Å². The van der Waals surface area contributed by atoms with E-state index in [-0.39, 0.29) is 45.1 Å². The lowest BCUT2D eigenvalue weighted by molar-refractivity contribution is -0.265. The molecule has 3 unspecified atom stereocenters. The molecule has 1 saturated heterocycles. The zero-order valence-electron chi connectivity index (χ0n) is 26.1. The Labute approximate surface area is 248 Å². The van der Waals surface area contributed by atoms with Gasteiger partial charge in [-0.2, -0.15) is 4.39 Å². The van der Waals surface area contributed by atoms with Gasteiger partial charge in [0, 0.05) is 22.3 Å². The normalized spacial score (nSPS) is 49.8. The monoisotopic (exact) mass is 603 g/mol. The van der Waals surface area contributed by atoms with Crippen LogP contribution in [-0.2, 0) is 26.1 Å². The van der Waals surface area contributed by atoms with Gasteiger partial charge in [0.2, 0.25) is 0 Å². The second-order valence-electron chi connectivity index (χ2n) is 16.6. The smallest absolute Gasteiger partial charge is 0.307 e. The van der Waals surface area contributed by atoms with Crippen LogP contribution in [-0.4, -0.2) is 35.6 Å². The van der Waals surface area contributed by atoms with Crippen molar-refractivity contribution >= 4 is 22.6 Å². The summed E-state index contributed by atoms with van der Waals surface area (Å²) in [6.45, 7) is 18.8.